The van der Waals surface area contributed by atoms with Crippen molar-refractivity contribution in [3.05, 3.63) is 55.0 Å². The predicted octanol–water partition coefficient (Wildman–Crippen LogP) is 5.21. The lowest BCUT2D eigenvalue weighted by Crippen LogP contribution is -2.49. The van der Waals surface area contributed by atoms with Crippen LogP contribution in [0, 0.1) is 17.8 Å². The molecule has 4 fully saturated rings. The van der Waals surface area contributed by atoms with Crippen LogP contribution in [0.15, 0.2) is 54.3 Å². The number of allylic oxidation sites excluding steroid dienone is 1. The van der Waals surface area contributed by atoms with Crippen LogP contribution in [0.2, 0.25) is 0 Å². The van der Waals surface area contributed by atoms with Crippen LogP contribution in [0.3, 0.4) is 0 Å². The third-order valence-electron chi connectivity index (χ3n) is 7.80. The molecule has 7 heteroatoms. The number of nitrogens with one attached hydrogen (secondary N) is 1. The summed E-state index contributed by atoms with van der Waals surface area (Å²) in [6.07, 6.45) is 11.6. The molecule has 0 saturated heterocycles. The van der Waals surface area contributed by atoms with Crippen LogP contribution in [-0.2, 0) is 16.8 Å². The second-order valence-electron chi connectivity index (χ2n) is 10.1. The van der Waals surface area contributed by atoms with Crippen LogP contribution < -0.4 is 5.32 Å². The Morgan fingerprint density at radius 3 is 2.58 bits per heavy atom. The van der Waals surface area contributed by atoms with Crippen molar-refractivity contribution in [1.82, 2.24) is 19.7 Å². The van der Waals surface area contributed by atoms with E-state index in [0.717, 1.165) is 45.3 Å². The molecule has 4 bridgehead atoms. The molecule has 6 nitrogen and oxygen atoms in total. The van der Waals surface area contributed by atoms with Crippen molar-refractivity contribution >= 4 is 34.3 Å². The molecular weight excluding hydrogens is 430 g/mol. The van der Waals surface area contributed by atoms with Crippen molar-refractivity contribution in [3.8, 4) is 0 Å². The zero-order valence-corrected chi connectivity index (χ0v) is 19.6. The molecule has 33 heavy (non-hydrogen) atoms. The van der Waals surface area contributed by atoms with Crippen LogP contribution in [0.4, 0.5) is 5.69 Å². The SMILES string of the molecule is C=CCn1c(SCC(=O)Nc2ccnc3ccccc23)nnc1C12CC3CC(CC(C3)C1)C2. The van der Waals surface area contributed by atoms with Crippen molar-refractivity contribution in [2.75, 3.05) is 11.1 Å². The number of rotatable bonds is 7. The van der Waals surface area contributed by atoms with Crippen LogP contribution in [0.1, 0.15) is 44.3 Å². The van der Waals surface area contributed by atoms with E-state index >= 15 is 0 Å². The molecule has 2 heterocycles. The first-order valence-electron chi connectivity index (χ1n) is 11.9. The highest BCUT2D eigenvalue weighted by atomic mass is 32.2. The molecule has 0 radical (unpaired) electrons. The van der Waals surface area contributed by atoms with Crippen molar-refractivity contribution in [1.29, 1.82) is 0 Å². The quantitative estimate of drug-likeness (QED) is 0.388. The molecule has 2 aromatic heterocycles. The number of benzene rings is 1. The first-order chi connectivity index (χ1) is 16.1. The van der Waals surface area contributed by atoms with Crippen LogP contribution >= 0.6 is 11.8 Å². The summed E-state index contributed by atoms with van der Waals surface area (Å²) in [5.41, 5.74) is 1.82. The number of thioether (sulfide) groups is 1. The maximum Gasteiger partial charge on any atom is 0.234 e. The number of carbonyl (C=O) groups is 1. The Morgan fingerprint density at radius 2 is 1.85 bits per heavy atom. The molecule has 1 aromatic carbocycles. The average Bonchev–Trinajstić information content (AvgIpc) is 3.21. The van der Waals surface area contributed by atoms with E-state index in [9.17, 15) is 4.79 Å². The van der Waals surface area contributed by atoms with Gasteiger partial charge in [-0.15, -0.1) is 16.8 Å². The molecular formula is C26H29N5OS. The first-order valence-corrected chi connectivity index (χ1v) is 12.9. The van der Waals surface area contributed by atoms with Gasteiger partial charge in [-0.3, -0.25) is 9.78 Å². The van der Waals surface area contributed by atoms with Gasteiger partial charge in [-0.1, -0.05) is 36.0 Å². The summed E-state index contributed by atoms with van der Waals surface area (Å²) in [6.45, 7) is 4.66. The molecule has 3 aromatic rings. The summed E-state index contributed by atoms with van der Waals surface area (Å²) >= 11 is 1.46. The monoisotopic (exact) mass is 459 g/mol. The third-order valence-corrected chi connectivity index (χ3v) is 8.76. The molecule has 1 N–H and O–H groups in total. The van der Waals surface area contributed by atoms with Crippen LogP contribution in [-0.4, -0.2) is 31.4 Å². The Morgan fingerprint density at radius 1 is 1.12 bits per heavy atom. The summed E-state index contributed by atoms with van der Waals surface area (Å²) in [7, 11) is 0. The summed E-state index contributed by atoms with van der Waals surface area (Å²) < 4.78 is 2.22. The standard InChI is InChI=1S/C26H29N5OS/c1-2-9-31-24(26-13-17-10-18(14-26)12-19(11-17)15-26)29-30-25(31)33-16-23(32)28-22-7-8-27-21-6-4-3-5-20(21)22/h2-8,17-19H,1,9-16H2,(H,27,28,32). The van der Waals surface area contributed by atoms with E-state index in [1.54, 1.807) is 6.20 Å². The Hall–Kier alpha value is -2.67. The maximum absolute atomic E-state index is 12.8. The van der Waals surface area contributed by atoms with E-state index in [1.807, 2.05) is 36.4 Å². The number of nitrogens with zero attached hydrogens (tertiary/aromatic N) is 4. The molecule has 1 amide bonds. The predicted molar refractivity (Wildman–Crippen MR) is 131 cm³/mol. The number of carbonyl (C=O) groups excluding carboxylic acids is 1. The molecule has 0 atom stereocenters. The molecule has 0 aliphatic heterocycles. The Bertz CT molecular complexity index is 1180. The van der Waals surface area contributed by atoms with E-state index in [-0.39, 0.29) is 17.1 Å². The average molecular weight is 460 g/mol. The van der Waals surface area contributed by atoms with Crippen molar-refractivity contribution in [3.63, 3.8) is 0 Å². The van der Waals surface area contributed by atoms with Crippen LogP contribution in [0.5, 0.6) is 0 Å². The number of para-hydroxylation sites is 1. The third kappa shape index (κ3) is 3.76. The first kappa shape index (κ1) is 20.9. The number of anilines is 1. The van der Waals surface area contributed by atoms with Gasteiger partial charge >= 0.3 is 0 Å². The number of amides is 1. The number of pyridine rings is 1. The molecule has 4 aliphatic rings. The molecule has 0 unspecified atom stereocenters. The van der Waals surface area contributed by atoms with E-state index in [1.165, 1.54) is 50.3 Å². The summed E-state index contributed by atoms with van der Waals surface area (Å²) in [4.78, 5) is 17.2. The molecule has 4 saturated carbocycles. The Kier molecular flexibility index (Phi) is 5.24. The molecule has 0 spiro atoms. The van der Waals surface area contributed by atoms with E-state index in [0.29, 0.717) is 6.54 Å². The Balaban J connectivity index is 1.20. The minimum Gasteiger partial charge on any atom is -0.325 e. The fourth-order valence-corrected chi connectivity index (χ4v) is 7.74. The fraction of sp³-hybridized carbons (Fsp3) is 0.462. The lowest BCUT2D eigenvalue weighted by atomic mass is 9.49. The zero-order chi connectivity index (χ0) is 22.4. The van der Waals surface area contributed by atoms with Gasteiger partial charge in [-0.25, -0.2) is 0 Å². The number of fused-ring (bicyclic) bond motifs is 1. The minimum atomic E-state index is -0.0548. The van der Waals surface area contributed by atoms with Crippen molar-refractivity contribution < 1.29 is 4.79 Å². The van der Waals surface area contributed by atoms with Gasteiger partial charge in [-0.05, 0) is 68.4 Å². The van der Waals surface area contributed by atoms with Crippen molar-refractivity contribution in [2.45, 2.75) is 55.6 Å². The van der Waals surface area contributed by atoms with Gasteiger partial charge in [0.15, 0.2) is 5.16 Å². The second-order valence-corrected chi connectivity index (χ2v) is 11.1. The number of hydrogen-bond donors (Lipinski definition) is 1. The largest absolute Gasteiger partial charge is 0.325 e. The van der Waals surface area contributed by atoms with Gasteiger partial charge in [-0.2, -0.15) is 0 Å². The van der Waals surface area contributed by atoms with Gasteiger partial charge in [0.25, 0.3) is 0 Å². The maximum atomic E-state index is 12.8. The smallest absolute Gasteiger partial charge is 0.234 e. The van der Waals surface area contributed by atoms with Gasteiger partial charge in [0.05, 0.1) is 17.0 Å². The lowest BCUT2D eigenvalue weighted by Gasteiger charge is -2.56. The van der Waals surface area contributed by atoms with E-state index in [2.05, 4.69) is 26.5 Å². The van der Waals surface area contributed by atoms with Gasteiger partial charge < -0.3 is 9.88 Å². The van der Waals surface area contributed by atoms with Gasteiger partial charge in [0.1, 0.15) is 5.82 Å². The molecule has 7 rings (SSSR count). The summed E-state index contributed by atoms with van der Waals surface area (Å²) in [5.74, 6) is 3.91. The van der Waals surface area contributed by atoms with E-state index < -0.39 is 0 Å². The lowest BCUT2D eigenvalue weighted by molar-refractivity contribution is -0.113. The minimum absolute atomic E-state index is 0.0548. The molecule has 4 aliphatic carbocycles. The highest BCUT2D eigenvalue weighted by Gasteiger charge is 2.53. The van der Waals surface area contributed by atoms with Gasteiger partial charge in [0.2, 0.25) is 5.91 Å². The highest BCUT2D eigenvalue weighted by molar-refractivity contribution is 7.99. The topological polar surface area (TPSA) is 72.7 Å². The Labute approximate surface area is 198 Å². The fourth-order valence-electron chi connectivity index (χ4n) is 6.99. The second kappa shape index (κ2) is 8.28. The van der Waals surface area contributed by atoms with E-state index in [4.69, 9.17) is 5.10 Å². The van der Waals surface area contributed by atoms with Crippen LogP contribution in [0.25, 0.3) is 10.9 Å². The number of aromatic nitrogens is 4. The normalized spacial score (nSPS) is 27.7. The summed E-state index contributed by atoms with van der Waals surface area (Å²) in [6, 6.07) is 9.67. The number of hydrogen-bond acceptors (Lipinski definition) is 5. The molecule has 170 valence electrons. The van der Waals surface area contributed by atoms with Crippen molar-refractivity contribution in [2.24, 2.45) is 17.8 Å². The zero-order valence-electron chi connectivity index (χ0n) is 18.7. The highest BCUT2D eigenvalue weighted by Crippen LogP contribution is 2.60. The van der Waals surface area contributed by atoms with Gasteiger partial charge in [0, 0.05) is 23.5 Å². The summed E-state index contributed by atoms with van der Waals surface area (Å²) in [5, 5.41) is 14.1.